The first-order chi connectivity index (χ1) is 9.51. The van der Waals surface area contributed by atoms with Crippen LogP contribution in [0.2, 0.25) is 18.1 Å². The van der Waals surface area contributed by atoms with Gasteiger partial charge < -0.3 is 9.16 Å². The Kier molecular flexibility index (Phi) is 5.03. The minimum atomic E-state index is -1.52. The fourth-order valence-electron chi connectivity index (χ4n) is 4.28. The summed E-state index contributed by atoms with van der Waals surface area (Å²) in [7, 11) is -1.52. The molecule has 0 radical (unpaired) electrons. The zero-order valence-electron chi connectivity index (χ0n) is 14.3. The summed E-state index contributed by atoms with van der Waals surface area (Å²) in [6.07, 6.45) is 7.83. The van der Waals surface area contributed by atoms with E-state index in [0.29, 0.717) is 6.10 Å². The van der Waals surface area contributed by atoms with Crippen molar-refractivity contribution in [2.45, 2.75) is 109 Å². The quantitative estimate of drug-likeness (QED) is 0.449. The molecule has 2 nitrogen and oxygen atoms in total. The van der Waals surface area contributed by atoms with Gasteiger partial charge in [0.05, 0.1) is 11.7 Å². The van der Waals surface area contributed by atoms with Gasteiger partial charge in [0.15, 0.2) is 8.32 Å². The predicted octanol–water partition coefficient (Wildman–Crippen LogP) is 5.28. The van der Waals surface area contributed by atoms with Gasteiger partial charge in [0.1, 0.15) is 5.60 Å². The molecule has 20 heavy (non-hydrogen) atoms. The molecule has 2 aliphatic rings. The minimum absolute atomic E-state index is 0.0685. The van der Waals surface area contributed by atoms with Crippen molar-refractivity contribution in [3.05, 3.63) is 0 Å². The van der Waals surface area contributed by atoms with Gasteiger partial charge in [-0.3, -0.25) is 0 Å². The fraction of sp³-hybridized carbons (Fsp3) is 1.00. The summed E-state index contributed by atoms with van der Waals surface area (Å²) in [5.41, 5.74) is 0.194. The van der Waals surface area contributed by atoms with Crippen molar-refractivity contribution < 1.29 is 9.16 Å². The zero-order valence-corrected chi connectivity index (χ0v) is 15.3. The SMILES string of the molecule is CCCC[C@]12O[C@@]1(C)CCC[C@H]2O[Si](CC)(CC)CC. The fourth-order valence-corrected chi connectivity index (χ4v) is 7.19. The molecular weight excluding hydrogens is 264 g/mol. The third-order valence-electron chi connectivity index (χ3n) is 6.13. The molecule has 0 aromatic heterocycles. The van der Waals surface area contributed by atoms with Crippen LogP contribution in [0.5, 0.6) is 0 Å². The Labute approximate surface area is 126 Å². The van der Waals surface area contributed by atoms with Gasteiger partial charge in [-0.1, -0.05) is 40.5 Å². The van der Waals surface area contributed by atoms with E-state index in [1.165, 1.54) is 56.7 Å². The molecule has 118 valence electrons. The highest BCUT2D eigenvalue weighted by Gasteiger charge is 2.71. The van der Waals surface area contributed by atoms with Crippen molar-refractivity contribution in [2.75, 3.05) is 0 Å². The van der Waals surface area contributed by atoms with Crippen molar-refractivity contribution >= 4 is 8.32 Å². The summed E-state index contributed by atoms with van der Waals surface area (Å²) < 4.78 is 13.2. The highest BCUT2D eigenvalue weighted by atomic mass is 28.4. The van der Waals surface area contributed by atoms with Crippen LogP contribution >= 0.6 is 0 Å². The maximum atomic E-state index is 6.86. The molecule has 2 rings (SSSR count). The van der Waals surface area contributed by atoms with Gasteiger partial charge >= 0.3 is 0 Å². The summed E-state index contributed by atoms with van der Waals surface area (Å²) >= 11 is 0. The Morgan fingerprint density at radius 3 is 2.35 bits per heavy atom. The topological polar surface area (TPSA) is 21.8 Å². The third kappa shape index (κ3) is 2.61. The predicted molar refractivity (Wildman–Crippen MR) is 87.7 cm³/mol. The second-order valence-corrected chi connectivity index (χ2v) is 11.8. The van der Waals surface area contributed by atoms with E-state index in [-0.39, 0.29) is 11.2 Å². The van der Waals surface area contributed by atoms with Crippen LogP contribution in [0.1, 0.15) is 73.1 Å². The van der Waals surface area contributed by atoms with E-state index < -0.39 is 8.32 Å². The molecule has 3 heteroatoms. The molecule has 0 spiro atoms. The van der Waals surface area contributed by atoms with E-state index in [9.17, 15) is 0 Å². The molecule has 0 aromatic carbocycles. The normalized spacial score (nSPS) is 36.8. The molecule has 1 saturated carbocycles. The molecule has 3 atom stereocenters. The summed E-state index contributed by atoms with van der Waals surface area (Å²) in [5.74, 6) is 0. The van der Waals surface area contributed by atoms with Crippen LogP contribution in [0, 0.1) is 0 Å². The van der Waals surface area contributed by atoms with Crippen LogP contribution in [0.25, 0.3) is 0 Å². The van der Waals surface area contributed by atoms with Crippen molar-refractivity contribution in [3.63, 3.8) is 0 Å². The molecule has 0 aromatic rings. The van der Waals surface area contributed by atoms with E-state index in [1.54, 1.807) is 0 Å². The highest BCUT2D eigenvalue weighted by molar-refractivity contribution is 6.73. The van der Waals surface area contributed by atoms with Gasteiger partial charge in [-0.15, -0.1) is 0 Å². The van der Waals surface area contributed by atoms with Crippen molar-refractivity contribution in [1.29, 1.82) is 0 Å². The molecule has 0 N–H and O–H groups in total. The lowest BCUT2D eigenvalue weighted by molar-refractivity contribution is 0.0677. The average molecular weight is 299 g/mol. The van der Waals surface area contributed by atoms with E-state index in [2.05, 4.69) is 34.6 Å². The maximum Gasteiger partial charge on any atom is 0.192 e. The largest absolute Gasteiger partial charge is 0.411 e. The first-order valence-electron chi connectivity index (χ1n) is 8.89. The number of fused-ring (bicyclic) bond motifs is 1. The second-order valence-electron chi connectivity index (χ2n) is 7.07. The molecule has 0 unspecified atom stereocenters. The van der Waals surface area contributed by atoms with E-state index in [1.807, 2.05) is 0 Å². The maximum absolute atomic E-state index is 6.86. The first-order valence-corrected chi connectivity index (χ1v) is 11.4. The number of epoxide rings is 1. The monoisotopic (exact) mass is 298 g/mol. The van der Waals surface area contributed by atoms with Crippen LogP contribution in [0.3, 0.4) is 0 Å². The van der Waals surface area contributed by atoms with Crippen LogP contribution in [-0.4, -0.2) is 25.6 Å². The number of hydrogen-bond acceptors (Lipinski definition) is 2. The van der Waals surface area contributed by atoms with Crippen molar-refractivity contribution in [1.82, 2.24) is 0 Å². The lowest BCUT2D eigenvalue weighted by atomic mass is 9.76. The van der Waals surface area contributed by atoms with Gasteiger partial charge in [-0.05, 0) is 50.7 Å². The van der Waals surface area contributed by atoms with Crippen molar-refractivity contribution in [2.24, 2.45) is 0 Å². The van der Waals surface area contributed by atoms with Gasteiger partial charge in [0.2, 0.25) is 0 Å². The molecule has 1 heterocycles. The van der Waals surface area contributed by atoms with Crippen LogP contribution in [0.15, 0.2) is 0 Å². The smallest absolute Gasteiger partial charge is 0.192 e. The molecule has 0 amide bonds. The number of rotatable bonds is 8. The number of unbranched alkanes of at least 4 members (excludes halogenated alkanes) is 1. The summed E-state index contributed by atoms with van der Waals surface area (Å²) in [4.78, 5) is 0. The molecular formula is C17H34O2Si. The molecule has 1 aliphatic carbocycles. The van der Waals surface area contributed by atoms with E-state index in [4.69, 9.17) is 9.16 Å². The third-order valence-corrected chi connectivity index (χ3v) is 10.8. The van der Waals surface area contributed by atoms with Crippen LogP contribution in [-0.2, 0) is 9.16 Å². The molecule has 0 bridgehead atoms. The number of ether oxygens (including phenoxy) is 1. The second kappa shape index (κ2) is 6.10. The number of hydrogen-bond donors (Lipinski definition) is 0. The first kappa shape index (κ1) is 16.5. The molecule has 1 aliphatic heterocycles. The van der Waals surface area contributed by atoms with E-state index in [0.717, 1.165) is 0 Å². The highest BCUT2D eigenvalue weighted by Crippen LogP contribution is 2.61. The Hall–Kier alpha value is 0.137. The summed E-state index contributed by atoms with van der Waals surface area (Å²) in [6.45, 7) is 11.6. The van der Waals surface area contributed by atoms with Gasteiger partial charge in [-0.25, -0.2) is 0 Å². The summed E-state index contributed by atoms with van der Waals surface area (Å²) in [6, 6.07) is 3.74. The standard InChI is InChI=1S/C17H34O2Si/c1-6-10-14-17-15(12-11-13-16(17,5)19-17)18-20(7-2,8-3)9-4/h15H,6-14H2,1-5H3/t15-,16+,17-/m1/s1. The Morgan fingerprint density at radius 2 is 1.80 bits per heavy atom. The minimum Gasteiger partial charge on any atom is -0.411 e. The summed E-state index contributed by atoms with van der Waals surface area (Å²) in [5, 5.41) is 0. The lowest BCUT2D eigenvalue weighted by Crippen LogP contribution is -2.49. The van der Waals surface area contributed by atoms with Crippen molar-refractivity contribution in [3.8, 4) is 0 Å². The lowest BCUT2D eigenvalue weighted by Gasteiger charge is -2.39. The molecule has 2 fully saturated rings. The van der Waals surface area contributed by atoms with Crippen LogP contribution < -0.4 is 0 Å². The Bertz CT molecular complexity index is 321. The van der Waals surface area contributed by atoms with Gasteiger partial charge in [0.25, 0.3) is 0 Å². The van der Waals surface area contributed by atoms with Crippen LogP contribution in [0.4, 0.5) is 0 Å². The molecule has 1 saturated heterocycles. The van der Waals surface area contributed by atoms with Gasteiger partial charge in [-0.2, -0.15) is 0 Å². The van der Waals surface area contributed by atoms with Gasteiger partial charge in [0, 0.05) is 0 Å². The van der Waals surface area contributed by atoms with E-state index >= 15 is 0 Å². The zero-order chi connectivity index (χ0) is 14.9. The Balaban J connectivity index is 2.13. The Morgan fingerprint density at radius 1 is 1.15 bits per heavy atom. The average Bonchev–Trinajstić information content (AvgIpc) is 3.10.